The molecule has 110 valence electrons. The van der Waals surface area contributed by atoms with Crippen LogP contribution in [0.3, 0.4) is 0 Å². The molecule has 6 nitrogen and oxygen atoms in total. The summed E-state index contributed by atoms with van der Waals surface area (Å²) in [6.07, 6.45) is 3.42. The van der Waals surface area contributed by atoms with E-state index in [1.165, 1.54) is 11.8 Å². The molecule has 0 bridgehead atoms. The highest BCUT2D eigenvalue weighted by atomic mass is 32.2. The third-order valence-corrected chi connectivity index (χ3v) is 3.17. The Kier molecular flexibility index (Phi) is 9.03. The quantitative estimate of drug-likeness (QED) is 0.548. The molecule has 0 heterocycles. The molecule has 0 aliphatic carbocycles. The van der Waals surface area contributed by atoms with E-state index in [-0.39, 0.29) is 23.3 Å². The molecule has 0 spiro atoms. The van der Waals surface area contributed by atoms with Gasteiger partial charge in [0.05, 0.1) is 0 Å². The van der Waals surface area contributed by atoms with Crippen LogP contribution in [-0.2, 0) is 0 Å². The van der Waals surface area contributed by atoms with E-state index >= 15 is 0 Å². The maximum Gasteiger partial charge on any atom is 0.343 e. The fourth-order valence-corrected chi connectivity index (χ4v) is 1.39. The van der Waals surface area contributed by atoms with Gasteiger partial charge in [0.15, 0.2) is 5.17 Å². The van der Waals surface area contributed by atoms with Crippen molar-refractivity contribution in [3.05, 3.63) is 0 Å². The maximum absolute atomic E-state index is 11.6. The van der Waals surface area contributed by atoms with E-state index in [4.69, 9.17) is 0 Å². The zero-order valence-electron chi connectivity index (χ0n) is 12.2. The molecule has 0 radical (unpaired) electrons. The highest BCUT2D eigenvalue weighted by Crippen LogP contribution is 1.97. The fraction of sp³-hybridized carbons (Fsp3) is 0.750. The largest absolute Gasteiger partial charge is 0.343 e. The first-order valence-corrected chi connectivity index (χ1v) is 7.66. The zero-order valence-corrected chi connectivity index (χ0v) is 13.1. The molecule has 2 atom stereocenters. The monoisotopic (exact) mass is 288 g/mol. The summed E-state index contributed by atoms with van der Waals surface area (Å²) in [6, 6.07) is -0.647. The number of thioether (sulfide) groups is 1. The molecule has 19 heavy (non-hydrogen) atoms. The van der Waals surface area contributed by atoms with Crippen molar-refractivity contribution in [2.75, 3.05) is 6.26 Å². The van der Waals surface area contributed by atoms with Crippen LogP contribution >= 0.6 is 11.8 Å². The van der Waals surface area contributed by atoms with Crippen LogP contribution in [0.15, 0.2) is 4.99 Å². The highest BCUT2D eigenvalue weighted by Gasteiger charge is 2.10. The van der Waals surface area contributed by atoms with Crippen molar-refractivity contribution >= 4 is 29.0 Å². The maximum atomic E-state index is 11.6. The van der Waals surface area contributed by atoms with Crippen LogP contribution in [0.2, 0.25) is 0 Å². The summed E-state index contributed by atoms with van der Waals surface area (Å²) in [5.74, 6) is 0. The van der Waals surface area contributed by atoms with Gasteiger partial charge in [0, 0.05) is 12.1 Å². The molecule has 0 aromatic heterocycles. The Hall–Kier alpha value is -1.24. The third kappa shape index (κ3) is 8.47. The summed E-state index contributed by atoms with van der Waals surface area (Å²) in [6.45, 7) is 7.76. The molecule has 7 heteroatoms. The summed E-state index contributed by atoms with van der Waals surface area (Å²) >= 11 is 1.21. The van der Waals surface area contributed by atoms with Crippen LogP contribution < -0.4 is 16.0 Å². The molecular formula is C12H24N4O2S. The minimum absolute atomic E-state index is 0.0632. The minimum atomic E-state index is -0.442. The molecule has 3 N–H and O–H groups in total. The van der Waals surface area contributed by atoms with Crippen LogP contribution in [0.1, 0.15) is 40.5 Å². The second-order valence-electron chi connectivity index (χ2n) is 4.29. The Morgan fingerprint density at radius 2 is 1.63 bits per heavy atom. The number of amidine groups is 1. The van der Waals surface area contributed by atoms with Crippen LogP contribution in [-0.4, -0.2) is 35.6 Å². The molecule has 0 aliphatic rings. The number of hydrogen-bond donors (Lipinski definition) is 3. The predicted octanol–water partition coefficient (Wildman–Crippen LogP) is 2.31. The van der Waals surface area contributed by atoms with Gasteiger partial charge in [-0.2, -0.15) is 4.99 Å². The number of carbonyl (C=O) groups is 2. The molecule has 0 aromatic rings. The number of amides is 4. The van der Waals surface area contributed by atoms with Crippen LogP contribution in [0.25, 0.3) is 0 Å². The average molecular weight is 288 g/mol. The molecular weight excluding hydrogens is 264 g/mol. The van der Waals surface area contributed by atoms with Gasteiger partial charge in [0.1, 0.15) is 0 Å². The topological polar surface area (TPSA) is 82.6 Å². The lowest BCUT2D eigenvalue weighted by atomic mass is 10.3. The van der Waals surface area contributed by atoms with E-state index in [2.05, 4.69) is 20.9 Å². The van der Waals surface area contributed by atoms with Crippen LogP contribution in [0.5, 0.6) is 0 Å². The Balaban J connectivity index is 4.40. The van der Waals surface area contributed by atoms with Crippen molar-refractivity contribution in [1.82, 2.24) is 16.0 Å². The van der Waals surface area contributed by atoms with Crippen LogP contribution in [0, 0.1) is 0 Å². The first-order valence-electron chi connectivity index (χ1n) is 6.43. The van der Waals surface area contributed by atoms with E-state index in [9.17, 15) is 9.59 Å². The number of nitrogens with one attached hydrogen (secondary N) is 3. The predicted molar refractivity (Wildman–Crippen MR) is 80.7 cm³/mol. The number of nitrogens with zero attached hydrogens (tertiary/aromatic N) is 1. The lowest BCUT2D eigenvalue weighted by molar-refractivity contribution is 0.242. The lowest BCUT2D eigenvalue weighted by Gasteiger charge is -2.13. The van der Waals surface area contributed by atoms with Crippen molar-refractivity contribution in [2.24, 2.45) is 4.99 Å². The highest BCUT2D eigenvalue weighted by molar-refractivity contribution is 8.13. The average Bonchev–Trinajstić information content (AvgIpc) is 2.37. The normalized spacial score (nSPS) is 14.5. The van der Waals surface area contributed by atoms with Crippen molar-refractivity contribution in [1.29, 1.82) is 0 Å². The molecule has 0 saturated carbocycles. The fourth-order valence-electron chi connectivity index (χ4n) is 1.02. The van der Waals surface area contributed by atoms with E-state index < -0.39 is 6.03 Å². The van der Waals surface area contributed by atoms with Gasteiger partial charge >= 0.3 is 12.1 Å². The minimum Gasteiger partial charge on any atom is -0.335 e. The Morgan fingerprint density at radius 3 is 2.11 bits per heavy atom. The van der Waals surface area contributed by atoms with Gasteiger partial charge < -0.3 is 10.6 Å². The summed E-state index contributed by atoms with van der Waals surface area (Å²) < 4.78 is 0. The SMILES string of the molecule is CCC(C)NC(=O)N=C(NC(=O)NC(C)CC)SC. The van der Waals surface area contributed by atoms with Gasteiger partial charge in [-0.15, -0.1) is 0 Å². The molecule has 2 unspecified atom stereocenters. The third-order valence-electron chi connectivity index (χ3n) is 2.59. The van der Waals surface area contributed by atoms with Gasteiger partial charge in [0.2, 0.25) is 0 Å². The van der Waals surface area contributed by atoms with E-state index in [1.54, 1.807) is 6.26 Å². The standard InChI is InChI=1S/C12H24N4O2S/c1-6-8(3)13-10(17)15-12(19-5)16-11(18)14-9(4)7-2/h8-9H,6-7H2,1-5H3,(H3,13,14,15,16,17,18). The van der Waals surface area contributed by atoms with E-state index in [0.717, 1.165) is 12.8 Å². The Morgan fingerprint density at radius 1 is 1.11 bits per heavy atom. The van der Waals surface area contributed by atoms with E-state index in [0.29, 0.717) is 0 Å². The van der Waals surface area contributed by atoms with Crippen molar-refractivity contribution < 1.29 is 9.59 Å². The smallest absolute Gasteiger partial charge is 0.335 e. The molecule has 0 fully saturated rings. The summed E-state index contributed by atoms with van der Waals surface area (Å²) in [5.41, 5.74) is 0. The molecule has 0 saturated heterocycles. The van der Waals surface area contributed by atoms with Gasteiger partial charge in [0.25, 0.3) is 0 Å². The number of carbonyl (C=O) groups excluding carboxylic acids is 2. The van der Waals surface area contributed by atoms with Crippen molar-refractivity contribution in [3.8, 4) is 0 Å². The zero-order chi connectivity index (χ0) is 14.8. The lowest BCUT2D eigenvalue weighted by Crippen LogP contribution is -2.43. The Labute approximate surface area is 119 Å². The van der Waals surface area contributed by atoms with Gasteiger partial charge in [-0.05, 0) is 32.9 Å². The van der Waals surface area contributed by atoms with Crippen molar-refractivity contribution in [3.63, 3.8) is 0 Å². The summed E-state index contributed by atoms with van der Waals surface area (Å²) in [5, 5.41) is 8.29. The number of rotatable bonds is 4. The first-order chi connectivity index (χ1) is 8.92. The van der Waals surface area contributed by atoms with E-state index in [1.807, 2.05) is 27.7 Å². The molecule has 4 amide bonds. The van der Waals surface area contributed by atoms with Gasteiger partial charge in [-0.25, -0.2) is 9.59 Å². The second-order valence-corrected chi connectivity index (χ2v) is 5.08. The molecule has 0 aliphatic heterocycles. The summed E-state index contributed by atoms with van der Waals surface area (Å²) in [4.78, 5) is 27.0. The molecule has 0 aromatic carbocycles. The van der Waals surface area contributed by atoms with Gasteiger partial charge in [-0.3, -0.25) is 5.32 Å². The molecule has 0 rings (SSSR count). The Bertz CT molecular complexity index is 334. The van der Waals surface area contributed by atoms with Crippen LogP contribution in [0.4, 0.5) is 9.59 Å². The number of hydrogen-bond acceptors (Lipinski definition) is 3. The number of aliphatic imine (C=N–C) groups is 1. The second kappa shape index (κ2) is 9.66. The van der Waals surface area contributed by atoms with Gasteiger partial charge in [-0.1, -0.05) is 25.6 Å². The first kappa shape index (κ1) is 17.8. The summed E-state index contributed by atoms with van der Waals surface area (Å²) in [7, 11) is 0. The van der Waals surface area contributed by atoms with Crippen molar-refractivity contribution in [2.45, 2.75) is 52.6 Å². The number of urea groups is 2.